The van der Waals surface area contributed by atoms with Crippen LogP contribution in [0.5, 0.6) is 0 Å². The van der Waals surface area contributed by atoms with E-state index in [9.17, 15) is 17.6 Å². The maximum Gasteiger partial charge on any atom is 0.329 e. The summed E-state index contributed by atoms with van der Waals surface area (Å²) in [6, 6.07) is 13.8. The van der Waals surface area contributed by atoms with Crippen molar-refractivity contribution in [1.29, 1.82) is 0 Å². The fourth-order valence-electron chi connectivity index (χ4n) is 4.66. The first-order valence-corrected chi connectivity index (χ1v) is 20.2. The van der Waals surface area contributed by atoms with Gasteiger partial charge < -0.3 is 14.0 Å². The number of nitrogens with zero attached hydrogens (tertiary/aromatic N) is 2. The summed E-state index contributed by atoms with van der Waals surface area (Å²) in [6.07, 6.45) is 1.72. The van der Waals surface area contributed by atoms with Crippen molar-refractivity contribution in [3.8, 4) is 5.69 Å². The van der Waals surface area contributed by atoms with E-state index in [1.165, 1.54) is 30.0 Å². The van der Waals surface area contributed by atoms with Crippen molar-refractivity contribution in [2.75, 3.05) is 20.3 Å². The number of sulfonamides is 1. The highest BCUT2D eigenvalue weighted by atomic mass is 35.5. The lowest BCUT2D eigenvalue weighted by Crippen LogP contribution is -2.35. The molecule has 2 N–H and O–H groups in total. The smallest absolute Gasteiger partial charge is 0.329 e. The van der Waals surface area contributed by atoms with Crippen LogP contribution in [0.15, 0.2) is 70.8 Å². The highest BCUT2D eigenvalue weighted by Crippen LogP contribution is 2.39. The predicted octanol–water partition coefficient (Wildman–Crippen LogP) is 7.21. The van der Waals surface area contributed by atoms with Gasteiger partial charge in [0.2, 0.25) is 10.0 Å². The van der Waals surface area contributed by atoms with Gasteiger partial charge in [-0.3, -0.25) is 4.57 Å². The van der Waals surface area contributed by atoms with Crippen molar-refractivity contribution in [3.63, 3.8) is 0 Å². The minimum Gasteiger partial charge on any atom is -0.411 e. The molecule has 0 aliphatic heterocycles. The number of rotatable bonds is 14. The van der Waals surface area contributed by atoms with Gasteiger partial charge >= 0.3 is 8.56 Å². The first kappa shape index (κ1) is 36.5. The Morgan fingerprint density at radius 1 is 1.07 bits per heavy atom. The van der Waals surface area contributed by atoms with Gasteiger partial charge in [-0.05, 0) is 66.7 Å². The number of methoxy groups -OCH3 is 1. The predicted molar refractivity (Wildman–Crippen MR) is 180 cm³/mol. The van der Waals surface area contributed by atoms with Crippen LogP contribution in [-0.4, -0.2) is 51.6 Å². The van der Waals surface area contributed by atoms with E-state index in [-0.39, 0.29) is 34.4 Å². The standard InChI is InChI=1S/C31H35Cl2F2N3O5S2Si/c1-31(2,21-6-11-26(32)20(14-21)18-42-3)29-17-36-30(38(29)23-9-7-22(34)8-10-23)44-19-25-27(33)15-24(16-28(25)35)45(39,40)37-12-13-43-46(4,5)41/h6-11,14-17,37,41H,12-13,18-19H2,1-5H3. The second kappa shape index (κ2) is 14.8. The van der Waals surface area contributed by atoms with Crippen LogP contribution < -0.4 is 4.72 Å². The molecule has 248 valence electrons. The molecule has 8 nitrogen and oxygen atoms in total. The number of hydrogen-bond acceptors (Lipinski definition) is 7. The summed E-state index contributed by atoms with van der Waals surface area (Å²) in [5.74, 6) is -1.17. The van der Waals surface area contributed by atoms with E-state index >= 15 is 4.39 Å². The van der Waals surface area contributed by atoms with Crippen molar-refractivity contribution in [2.45, 2.75) is 54.8 Å². The number of aromatic nitrogens is 2. The topological polar surface area (TPSA) is 103 Å². The first-order valence-electron chi connectivity index (χ1n) is 14.1. The molecule has 46 heavy (non-hydrogen) atoms. The zero-order valence-electron chi connectivity index (χ0n) is 25.9. The van der Waals surface area contributed by atoms with Gasteiger partial charge in [-0.2, -0.15) is 0 Å². The van der Waals surface area contributed by atoms with Gasteiger partial charge in [0, 0.05) is 52.7 Å². The molecular weight excluding hydrogens is 695 g/mol. The van der Waals surface area contributed by atoms with Crippen LogP contribution in [0.2, 0.25) is 23.1 Å². The van der Waals surface area contributed by atoms with E-state index in [2.05, 4.69) is 9.71 Å². The molecule has 0 unspecified atom stereocenters. The van der Waals surface area contributed by atoms with Gasteiger partial charge in [-0.1, -0.05) is 60.9 Å². The van der Waals surface area contributed by atoms with Gasteiger partial charge in [0.1, 0.15) is 11.6 Å². The number of ether oxygens (including phenoxy) is 1. The molecule has 1 aromatic heterocycles. The third-order valence-electron chi connectivity index (χ3n) is 7.14. The van der Waals surface area contributed by atoms with Gasteiger partial charge in [-0.25, -0.2) is 26.9 Å². The second-order valence-electron chi connectivity index (χ2n) is 11.4. The number of hydrogen-bond donors (Lipinski definition) is 2. The van der Waals surface area contributed by atoms with Crippen LogP contribution in [0, 0.1) is 11.6 Å². The number of benzene rings is 3. The van der Waals surface area contributed by atoms with Gasteiger partial charge in [0.15, 0.2) is 5.16 Å². The Labute approximate surface area is 283 Å². The zero-order valence-corrected chi connectivity index (χ0v) is 30.0. The number of nitrogens with one attached hydrogen (secondary N) is 1. The van der Waals surface area contributed by atoms with Crippen molar-refractivity contribution >= 4 is 53.5 Å². The summed E-state index contributed by atoms with van der Waals surface area (Å²) in [7, 11) is -5.31. The molecule has 0 aliphatic carbocycles. The van der Waals surface area contributed by atoms with E-state index in [0.717, 1.165) is 22.9 Å². The molecule has 0 saturated carbocycles. The minimum atomic E-state index is -4.09. The Hall–Kier alpha value is -2.33. The Bertz CT molecular complexity index is 1780. The maximum atomic E-state index is 15.4. The number of imidazole rings is 1. The first-order chi connectivity index (χ1) is 21.5. The average Bonchev–Trinajstić information content (AvgIpc) is 3.41. The van der Waals surface area contributed by atoms with E-state index < -0.39 is 35.6 Å². The summed E-state index contributed by atoms with van der Waals surface area (Å²) in [5.41, 5.74) is 2.68. The molecule has 0 amide bonds. The van der Waals surface area contributed by atoms with Crippen molar-refractivity contribution in [3.05, 3.63) is 105 Å². The molecule has 0 aliphatic rings. The molecule has 0 radical (unpaired) electrons. The molecule has 0 fully saturated rings. The molecule has 3 aromatic carbocycles. The highest BCUT2D eigenvalue weighted by Gasteiger charge is 2.30. The van der Waals surface area contributed by atoms with Gasteiger partial charge in [-0.15, -0.1) is 0 Å². The van der Waals surface area contributed by atoms with Crippen LogP contribution in [0.3, 0.4) is 0 Å². The van der Waals surface area contributed by atoms with E-state index in [4.69, 9.17) is 32.4 Å². The Morgan fingerprint density at radius 2 is 1.76 bits per heavy atom. The summed E-state index contributed by atoms with van der Waals surface area (Å²) >= 11 is 14.0. The summed E-state index contributed by atoms with van der Waals surface area (Å²) in [5, 5.41) is 1.00. The Kier molecular flexibility index (Phi) is 11.8. The summed E-state index contributed by atoms with van der Waals surface area (Å²) in [4.78, 5) is 14.1. The van der Waals surface area contributed by atoms with E-state index in [0.29, 0.717) is 22.5 Å². The van der Waals surface area contributed by atoms with E-state index in [1.54, 1.807) is 38.5 Å². The largest absolute Gasteiger partial charge is 0.411 e. The summed E-state index contributed by atoms with van der Waals surface area (Å²) < 4.78 is 69.6. The van der Waals surface area contributed by atoms with Crippen LogP contribution >= 0.6 is 35.0 Å². The zero-order chi connectivity index (χ0) is 33.9. The molecule has 0 bridgehead atoms. The minimum absolute atomic E-state index is 0.0273. The molecule has 15 heteroatoms. The third-order valence-corrected chi connectivity index (χ3v) is 11.2. The molecular formula is C31H35Cl2F2N3O5S2Si. The lowest BCUT2D eigenvalue weighted by molar-refractivity contribution is 0.185. The Balaban J connectivity index is 1.64. The second-order valence-corrected chi connectivity index (χ2v) is 18.2. The highest BCUT2D eigenvalue weighted by molar-refractivity contribution is 7.98. The van der Waals surface area contributed by atoms with Crippen molar-refractivity contribution < 1.29 is 31.2 Å². The lowest BCUT2D eigenvalue weighted by Gasteiger charge is -2.28. The summed E-state index contributed by atoms with van der Waals surface area (Å²) in [6.45, 7) is 7.36. The SMILES string of the molecule is COCc1cc(C(C)(C)c2cnc(SCc3c(F)cc(S(=O)(=O)NCCO[Si](C)(C)O)cc3Cl)n2-c2ccc(F)cc2)ccc1Cl. The third kappa shape index (κ3) is 8.76. The maximum absolute atomic E-state index is 15.4. The average molecular weight is 731 g/mol. The fourth-order valence-corrected chi connectivity index (χ4v) is 7.93. The Morgan fingerprint density at radius 3 is 2.39 bits per heavy atom. The van der Waals surface area contributed by atoms with Crippen LogP contribution in [0.1, 0.15) is 36.2 Å². The molecule has 4 aromatic rings. The fraction of sp³-hybridized carbons (Fsp3) is 0.323. The normalized spacial score (nSPS) is 12.6. The van der Waals surface area contributed by atoms with Crippen LogP contribution in [0.4, 0.5) is 8.78 Å². The van der Waals surface area contributed by atoms with Gasteiger partial charge in [0.25, 0.3) is 0 Å². The molecule has 0 atom stereocenters. The van der Waals surface area contributed by atoms with Gasteiger partial charge in [0.05, 0.1) is 23.4 Å². The molecule has 1 heterocycles. The molecule has 4 rings (SSSR count). The molecule has 0 spiro atoms. The van der Waals surface area contributed by atoms with Crippen molar-refractivity contribution in [1.82, 2.24) is 14.3 Å². The monoisotopic (exact) mass is 729 g/mol. The number of halogens is 4. The van der Waals surface area contributed by atoms with Crippen molar-refractivity contribution in [2.24, 2.45) is 0 Å². The van der Waals surface area contributed by atoms with E-state index in [1.807, 2.05) is 36.6 Å². The van der Waals surface area contributed by atoms with Crippen LogP contribution in [-0.2, 0) is 37.0 Å². The lowest BCUT2D eigenvalue weighted by atomic mass is 9.81. The molecule has 0 saturated heterocycles. The number of thioether (sulfide) groups is 1. The quantitative estimate of drug-likeness (QED) is 0.0804. The van der Waals surface area contributed by atoms with Crippen LogP contribution in [0.25, 0.3) is 5.69 Å².